The van der Waals surface area contributed by atoms with Gasteiger partial charge in [0.15, 0.2) is 0 Å². The van der Waals surface area contributed by atoms with Gasteiger partial charge in [-0.25, -0.2) is 4.98 Å². The zero-order valence-corrected chi connectivity index (χ0v) is 12.5. The molecule has 1 aliphatic carbocycles. The van der Waals surface area contributed by atoms with Crippen LogP contribution in [0.2, 0.25) is 0 Å². The topological polar surface area (TPSA) is 28.2 Å². The third-order valence-electron chi connectivity index (χ3n) is 4.45. The minimum Gasteiger partial charge on any atom is -0.356 e. The molecule has 0 radical (unpaired) electrons. The van der Waals surface area contributed by atoms with Crippen LogP contribution in [0.15, 0.2) is 23.7 Å². The van der Waals surface area contributed by atoms with E-state index in [-0.39, 0.29) is 0 Å². The van der Waals surface area contributed by atoms with E-state index in [0.717, 1.165) is 25.0 Å². The van der Waals surface area contributed by atoms with Gasteiger partial charge in [-0.1, -0.05) is 0 Å². The maximum atomic E-state index is 4.66. The van der Waals surface area contributed by atoms with Crippen molar-refractivity contribution in [2.75, 3.05) is 24.5 Å². The van der Waals surface area contributed by atoms with Crippen LogP contribution in [0.1, 0.15) is 25.7 Å². The lowest BCUT2D eigenvalue weighted by atomic mass is 9.97. The number of nitrogens with one attached hydrogen (secondary N) is 1. The van der Waals surface area contributed by atoms with Gasteiger partial charge >= 0.3 is 0 Å². The lowest BCUT2D eigenvalue weighted by molar-refractivity contribution is 0.390. The highest BCUT2D eigenvalue weighted by Gasteiger charge is 2.25. The Morgan fingerprint density at radius 2 is 2.25 bits per heavy atom. The third-order valence-corrected chi connectivity index (χ3v) is 5.33. The Kier molecular flexibility index (Phi) is 3.36. The lowest BCUT2D eigenvalue weighted by Crippen LogP contribution is -2.40. The van der Waals surface area contributed by atoms with Gasteiger partial charge in [0.2, 0.25) is 0 Å². The molecule has 1 saturated heterocycles. The number of aromatic nitrogens is 1. The normalized spacial score (nSPS) is 23.4. The van der Waals surface area contributed by atoms with Crippen molar-refractivity contribution in [3.05, 3.63) is 23.7 Å². The van der Waals surface area contributed by atoms with Crippen molar-refractivity contribution < 1.29 is 0 Å². The molecule has 0 aromatic carbocycles. The zero-order valence-electron chi connectivity index (χ0n) is 11.7. The summed E-state index contributed by atoms with van der Waals surface area (Å²) in [5, 5.41) is 7.19. The van der Waals surface area contributed by atoms with Crippen molar-refractivity contribution in [1.82, 2.24) is 10.3 Å². The number of nitrogens with zero attached hydrogens (tertiary/aromatic N) is 2. The van der Waals surface area contributed by atoms with E-state index >= 15 is 0 Å². The van der Waals surface area contributed by atoms with Gasteiger partial charge in [-0.2, -0.15) is 0 Å². The maximum Gasteiger partial charge on any atom is 0.137 e. The maximum absolute atomic E-state index is 4.66. The van der Waals surface area contributed by atoms with Crippen LogP contribution in [-0.4, -0.2) is 30.7 Å². The minimum atomic E-state index is 0.778. The monoisotopic (exact) mass is 287 g/mol. The number of anilines is 1. The second-order valence-electron chi connectivity index (χ2n) is 6.10. The Labute approximate surface area is 124 Å². The summed E-state index contributed by atoms with van der Waals surface area (Å²) in [6.07, 6.45) is 7.37. The van der Waals surface area contributed by atoms with Crippen molar-refractivity contribution in [3.8, 4) is 0 Å². The molecule has 3 heterocycles. The Hall–Kier alpha value is -1.13. The van der Waals surface area contributed by atoms with E-state index < -0.39 is 0 Å². The Morgan fingerprint density at radius 3 is 3.15 bits per heavy atom. The van der Waals surface area contributed by atoms with Gasteiger partial charge in [0.1, 0.15) is 5.82 Å². The van der Waals surface area contributed by atoms with Crippen LogP contribution in [0.5, 0.6) is 0 Å². The molecular weight excluding hydrogens is 266 g/mol. The quantitative estimate of drug-likeness (QED) is 0.935. The highest BCUT2D eigenvalue weighted by atomic mass is 32.1. The van der Waals surface area contributed by atoms with E-state index in [1.165, 1.54) is 48.1 Å². The fourth-order valence-corrected chi connectivity index (χ4v) is 3.95. The molecular formula is C16H21N3S. The fraction of sp³-hybridized carbons (Fsp3) is 0.562. The minimum absolute atomic E-state index is 0.778. The van der Waals surface area contributed by atoms with E-state index in [1.54, 1.807) is 0 Å². The Balaban J connectivity index is 1.50. The SMILES string of the molecule is c1cc2sccc2c(N2CCCC(CNC3CC3)C2)n1. The van der Waals surface area contributed by atoms with Gasteiger partial charge in [-0.3, -0.25) is 0 Å². The van der Waals surface area contributed by atoms with E-state index in [4.69, 9.17) is 0 Å². The first kappa shape index (κ1) is 12.6. The highest BCUT2D eigenvalue weighted by molar-refractivity contribution is 7.17. The van der Waals surface area contributed by atoms with Crippen molar-refractivity contribution in [2.24, 2.45) is 5.92 Å². The summed E-state index contributed by atoms with van der Waals surface area (Å²) in [5.74, 6) is 1.97. The standard InChI is InChI=1S/C16H21N3S/c1-2-12(10-18-13-3-4-13)11-19(8-1)16-14-6-9-20-15(14)5-7-17-16/h5-7,9,12-13,18H,1-4,8,10-11H2. The van der Waals surface area contributed by atoms with E-state index in [9.17, 15) is 0 Å². The second kappa shape index (κ2) is 5.34. The molecule has 3 nitrogen and oxygen atoms in total. The first-order valence-corrected chi connectivity index (χ1v) is 8.58. The summed E-state index contributed by atoms with van der Waals surface area (Å²) in [4.78, 5) is 7.15. The van der Waals surface area contributed by atoms with E-state index in [1.807, 2.05) is 17.5 Å². The highest BCUT2D eigenvalue weighted by Crippen LogP contribution is 2.31. The molecule has 1 atom stereocenters. The summed E-state index contributed by atoms with van der Waals surface area (Å²) in [6.45, 7) is 3.49. The molecule has 2 aromatic rings. The molecule has 2 aliphatic rings. The molecule has 4 heteroatoms. The van der Waals surface area contributed by atoms with Crippen LogP contribution in [0.4, 0.5) is 5.82 Å². The summed E-state index contributed by atoms with van der Waals surface area (Å²) in [7, 11) is 0. The number of thiophene rings is 1. The van der Waals surface area contributed by atoms with Crippen molar-refractivity contribution >= 4 is 27.2 Å². The summed E-state index contributed by atoms with van der Waals surface area (Å²) >= 11 is 1.81. The number of piperidine rings is 1. The van der Waals surface area contributed by atoms with Crippen molar-refractivity contribution in [2.45, 2.75) is 31.7 Å². The molecule has 1 unspecified atom stereocenters. The molecule has 1 aliphatic heterocycles. The molecule has 20 heavy (non-hydrogen) atoms. The van der Waals surface area contributed by atoms with Gasteiger partial charge in [0.05, 0.1) is 0 Å². The van der Waals surface area contributed by atoms with Gasteiger partial charge in [-0.05, 0) is 55.7 Å². The third kappa shape index (κ3) is 2.54. The van der Waals surface area contributed by atoms with E-state index in [0.29, 0.717) is 0 Å². The van der Waals surface area contributed by atoms with Crippen LogP contribution in [0.3, 0.4) is 0 Å². The summed E-state index contributed by atoms with van der Waals surface area (Å²) in [6, 6.07) is 5.16. The molecule has 0 bridgehead atoms. The zero-order chi connectivity index (χ0) is 13.4. The predicted octanol–water partition coefficient (Wildman–Crippen LogP) is 3.26. The van der Waals surface area contributed by atoms with Crippen molar-refractivity contribution in [3.63, 3.8) is 0 Å². The van der Waals surface area contributed by atoms with Crippen LogP contribution in [0.25, 0.3) is 10.1 Å². The van der Waals surface area contributed by atoms with Gasteiger partial charge in [0.25, 0.3) is 0 Å². The molecule has 2 aromatic heterocycles. The van der Waals surface area contributed by atoms with E-state index in [2.05, 4.69) is 32.7 Å². The second-order valence-corrected chi connectivity index (χ2v) is 7.05. The molecule has 2 fully saturated rings. The van der Waals surface area contributed by atoms with Gasteiger partial charge < -0.3 is 10.2 Å². The molecule has 0 spiro atoms. The van der Waals surface area contributed by atoms with Crippen LogP contribution < -0.4 is 10.2 Å². The first-order chi connectivity index (χ1) is 9.90. The number of fused-ring (bicyclic) bond motifs is 1. The summed E-state index contributed by atoms with van der Waals surface area (Å²) in [5.41, 5.74) is 0. The Morgan fingerprint density at radius 1 is 1.30 bits per heavy atom. The van der Waals surface area contributed by atoms with Crippen molar-refractivity contribution in [1.29, 1.82) is 0 Å². The largest absolute Gasteiger partial charge is 0.356 e. The number of hydrogen-bond donors (Lipinski definition) is 1. The molecule has 4 rings (SSSR count). The van der Waals surface area contributed by atoms with Gasteiger partial charge in [0, 0.05) is 35.4 Å². The van der Waals surface area contributed by atoms with Crippen LogP contribution >= 0.6 is 11.3 Å². The van der Waals surface area contributed by atoms with Gasteiger partial charge in [-0.15, -0.1) is 11.3 Å². The average Bonchev–Trinajstić information content (AvgIpc) is 3.20. The number of pyridine rings is 1. The van der Waals surface area contributed by atoms with Crippen LogP contribution in [0, 0.1) is 5.92 Å². The summed E-state index contributed by atoms with van der Waals surface area (Å²) < 4.78 is 1.35. The van der Waals surface area contributed by atoms with Crippen LogP contribution in [-0.2, 0) is 0 Å². The predicted molar refractivity (Wildman–Crippen MR) is 85.6 cm³/mol. The molecule has 1 N–H and O–H groups in total. The molecule has 1 saturated carbocycles. The Bertz CT molecular complexity index is 590. The molecule has 0 amide bonds. The average molecular weight is 287 g/mol. The smallest absolute Gasteiger partial charge is 0.137 e. The first-order valence-electron chi connectivity index (χ1n) is 7.71. The fourth-order valence-electron chi connectivity index (χ4n) is 3.18. The lowest BCUT2D eigenvalue weighted by Gasteiger charge is -2.34. The number of hydrogen-bond acceptors (Lipinski definition) is 4. The number of rotatable bonds is 4. The molecule has 106 valence electrons.